The summed E-state index contributed by atoms with van der Waals surface area (Å²) in [4.78, 5) is 21.5. The van der Waals surface area contributed by atoms with Crippen LogP contribution in [0.5, 0.6) is 0 Å². The lowest BCUT2D eigenvalue weighted by atomic mass is 9.94. The van der Waals surface area contributed by atoms with Crippen molar-refractivity contribution in [2.75, 3.05) is 12.0 Å². The summed E-state index contributed by atoms with van der Waals surface area (Å²) >= 11 is 0. The van der Waals surface area contributed by atoms with Gasteiger partial charge in [-0.05, 0) is 26.0 Å². The third-order valence-corrected chi connectivity index (χ3v) is 2.28. The van der Waals surface area contributed by atoms with Gasteiger partial charge in [0.25, 0.3) is 5.69 Å². The third kappa shape index (κ3) is 3.24. The SMILES string of the molecule is CC(C)(CF)C(=O)Nc1ccc([N+](=O)[O-])cc1. The largest absolute Gasteiger partial charge is 0.326 e. The number of nitrogens with one attached hydrogen (secondary N) is 1. The van der Waals surface area contributed by atoms with Crippen LogP contribution < -0.4 is 5.32 Å². The van der Waals surface area contributed by atoms with E-state index in [2.05, 4.69) is 5.32 Å². The van der Waals surface area contributed by atoms with Gasteiger partial charge in [-0.25, -0.2) is 4.39 Å². The highest BCUT2D eigenvalue weighted by atomic mass is 19.1. The highest BCUT2D eigenvalue weighted by Gasteiger charge is 2.27. The zero-order chi connectivity index (χ0) is 13.1. The fraction of sp³-hybridized carbons (Fsp3) is 0.364. The molecule has 0 unspecified atom stereocenters. The maximum absolute atomic E-state index is 12.5. The number of anilines is 1. The molecule has 1 aromatic carbocycles. The summed E-state index contributed by atoms with van der Waals surface area (Å²) in [6.07, 6.45) is 0. The number of nitrogens with zero attached hydrogens (tertiary/aromatic N) is 1. The Hall–Kier alpha value is -1.98. The molecule has 0 spiro atoms. The normalized spacial score (nSPS) is 11.0. The number of alkyl halides is 1. The first-order valence-corrected chi connectivity index (χ1v) is 4.99. The van der Waals surface area contributed by atoms with Gasteiger partial charge in [-0.3, -0.25) is 14.9 Å². The Labute approximate surface area is 97.8 Å². The average Bonchev–Trinajstić information content (AvgIpc) is 2.29. The molecule has 1 N–H and O–H groups in total. The van der Waals surface area contributed by atoms with Gasteiger partial charge in [0.1, 0.15) is 6.67 Å². The van der Waals surface area contributed by atoms with Crippen LogP contribution >= 0.6 is 0 Å². The number of carbonyl (C=O) groups is 1. The molecule has 0 aliphatic heterocycles. The van der Waals surface area contributed by atoms with E-state index in [-0.39, 0.29) is 5.69 Å². The minimum Gasteiger partial charge on any atom is -0.326 e. The Morgan fingerprint density at radius 1 is 1.41 bits per heavy atom. The molecule has 17 heavy (non-hydrogen) atoms. The lowest BCUT2D eigenvalue weighted by Crippen LogP contribution is -2.32. The van der Waals surface area contributed by atoms with Crippen LogP contribution in [0, 0.1) is 15.5 Å². The van der Waals surface area contributed by atoms with Gasteiger partial charge in [0.05, 0.1) is 10.3 Å². The summed E-state index contributed by atoms with van der Waals surface area (Å²) in [5.41, 5.74) is -0.767. The first-order valence-electron chi connectivity index (χ1n) is 4.99. The molecule has 92 valence electrons. The second kappa shape index (κ2) is 4.90. The van der Waals surface area contributed by atoms with E-state index in [9.17, 15) is 19.3 Å². The molecule has 6 heteroatoms. The van der Waals surface area contributed by atoms with Crippen molar-refractivity contribution in [2.45, 2.75) is 13.8 Å². The summed E-state index contributed by atoms with van der Waals surface area (Å²) in [7, 11) is 0. The van der Waals surface area contributed by atoms with Crippen LogP contribution in [0.4, 0.5) is 15.8 Å². The molecule has 0 heterocycles. The molecule has 1 aromatic rings. The number of rotatable bonds is 4. The Morgan fingerprint density at radius 3 is 2.35 bits per heavy atom. The molecule has 1 amide bonds. The zero-order valence-corrected chi connectivity index (χ0v) is 9.57. The molecule has 0 saturated carbocycles. The van der Waals surface area contributed by atoms with Crippen LogP contribution in [-0.2, 0) is 4.79 Å². The molecule has 0 aliphatic rings. The molecule has 0 radical (unpaired) electrons. The van der Waals surface area contributed by atoms with Crippen molar-refractivity contribution in [1.29, 1.82) is 0 Å². The van der Waals surface area contributed by atoms with Gasteiger partial charge in [-0.15, -0.1) is 0 Å². The van der Waals surface area contributed by atoms with E-state index in [1.165, 1.54) is 38.1 Å². The van der Waals surface area contributed by atoms with Gasteiger partial charge in [-0.2, -0.15) is 0 Å². The number of hydrogen-bond acceptors (Lipinski definition) is 3. The predicted molar refractivity (Wildman–Crippen MR) is 61.5 cm³/mol. The summed E-state index contributed by atoms with van der Waals surface area (Å²) in [6.45, 7) is 2.19. The molecule has 0 bridgehead atoms. The van der Waals surface area contributed by atoms with Crippen LogP contribution in [0.2, 0.25) is 0 Å². The van der Waals surface area contributed by atoms with Gasteiger partial charge in [-0.1, -0.05) is 0 Å². The molecular formula is C11H13FN2O3. The topological polar surface area (TPSA) is 72.2 Å². The molecule has 0 aromatic heterocycles. The molecule has 1 rings (SSSR count). The quantitative estimate of drug-likeness (QED) is 0.649. The molecule has 0 fully saturated rings. The Balaban J connectivity index is 2.76. The molecule has 0 aliphatic carbocycles. The van der Waals surface area contributed by atoms with E-state index >= 15 is 0 Å². The maximum Gasteiger partial charge on any atom is 0.269 e. The lowest BCUT2D eigenvalue weighted by Gasteiger charge is -2.19. The summed E-state index contributed by atoms with van der Waals surface area (Å²) in [5.74, 6) is -0.464. The summed E-state index contributed by atoms with van der Waals surface area (Å²) in [6, 6.07) is 5.37. The summed E-state index contributed by atoms with van der Waals surface area (Å²) in [5, 5.41) is 12.9. The number of carbonyl (C=O) groups excluding carboxylic acids is 1. The minimum atomic E-state index is -1.11. The van der Waals surface area contributed by atoms with E-state index in [4.69, 9.17) is 0 Å². The second-order valence-electron chi connectivity index (χ2n) is 4.28. The van der Waals surface area contributed by atoms with Crippen molar-refractivity contribution in [3.8, 4) is 0 Å². The number of hydrogen-bond donors (Lipinski definition) is 1. The van der Waals surface area contributed by atoms with Crippen molar-refractivity contribution < 1.29 is 14.1 Å². The standard InChI is InChI=1S/C11H13FN2O3/c1-11(2,7-12)10(15)13-8-3-5-9(6-4-8)14(16)17/h3-6H,7H2,1-2H3,(H,13,15). The Morgan fingerprint density at radius 2 is 1.94 bits per heavy atom. The van der Waals surface area contributed by atoms with Crippen molar-refractivity contribution >= 4 is 17.3 Å². The lowest BCUT2D eigenvalue weighted by molar-refractivity contribution is -0.384. The number of nitro benzene ring substituents is 1. The predicted octanol–water partition coefficient (Wildman–Crippen LogP) is 2.53. The first-order chi connectivity index (χ1) is 7.86. The number of amides is 1. The Kier molecular flexibility index (Phi) is 3.77. The smallest absolute Gasteiger partial charge is 0.269 e. The fourth-order valence-corrected chi connectivity index (χ4v) is 1.03. The second-order valence-corrected chi connectivity index (χ2v) is 4.28. The average molecular weight is 240 g/mol. The first kappa shape index (κ1) is 13.1. The molecule has 0 saturated heterocycles. The van der Waals surface area contributed by atoms with E-state index in [1.807, 2.05) is 0 Å². The van der Waals surface area contributed by atoms with Crippen LogP contribution in [0.25, 0.3) is 0 Å². The van der Waals surface area contributed by atoms with Crippen LogP contribution in [-0.4, -0.2) is 17.5 Å². The van der Waals surface area contributed by atoms with Gasteiger partial charge in [0.15, 0.2) is 0 Å². The van der Waals surface area contributed by atoms with Crippen LogP contribution in [0.15, 0.2) is 24.3 Å². The fourth-order valence-electron chi connectivity index (χ4n) is 1.03. The molecule has 0 atom stereocenters. The number of halogens is 1. The van der Waals surface area contributed by atoms with Crippen LogP contribution in [0.3, 0.4) is 0 Å². The highest BCUT2D eigenvalue weighted by Crippen LogP contribution is 2.20. The molecule has 5 nitrogen and oxygen atoms in total. The van der Waals surface area contributed by atoms with E-state index in [0.29, 0.717) is 5.69 Å². The van der Waals surface area contributed by atoms with E-state index < -0.39 is 22.9 Å². The van der Waals surface area contributed by atoms with Crippen molar-refractivity contribution in [1.82, 2.24) is 0 Å². The van der Waals surface area contributed by atoms with Crippen molar-refractivity contribution in [3.05, 3.63) is 34.4 Å². The molecular weight excluding hydrogens is 227 g/mol. The van der Waals surface area contributed by atoms with Gasteiger partial charge in [0, 0.05) is 17.8 Å². The number of benzene rings is 1. The van der Waals surface area contributed by atoms with E-state index in [1.54, 1.807) is 0 Å². The number of non-ortho nitro benzene ring substituents is 1. The van der Waals surface area contributed by atoms with Gasteiger partial charge < -0.3 is 5.32 Å². The van der Waals surface area contributed by atoms with Gasteiger partial charge in [0.2, 0.25) is 5.91 Å². The highest BCUT2D eigenvalue weighted by molar-refractivity contribution is 5.94. The number of nitro groups is 1. The van der Waals surface area contributed by atoms with Crippen molar-refractivity contribution in [3.63, 3.8) is 0 Å². The van der Waals surface area contributed by atoms with E-state index in [0.717, 1.165) is 0 Å². The third-order valence-electron chi connectivity index (χ3n) is 2.28. The zero-order valence-electron chi connectivity index (χ0n) is 9.57. The minimum absolute atomic E-state index is 0.0623. The Bertz CT molecular complexity index is 429. The van der Waals surface area contributed by atoms with Gasteiger partial charge >= 0.3 is 0 Å². The maximum atomic E-state index is 12.5. The van der Waals surface area contributed by atoms with Crippen LogP contribution in [0.1, 0.15) is 13.8 Å². The monoisotopic (exact) mass is 240 g/mol. The van der Waals surface area contributed by atoms with Crippen molar-refractivity contribution in [2.24, 2.45) is 5.41 Å². The summed E-state index contributed by atoms with van der Waals surface area (Å²) < 4.78 is 12.5.